The Morgan fingerprint density at radius 2 is 2.08 bits per heavy atom. The maximum Gasteiger partial charge on any atom is 0.420 e. The molecule has 2 aliphatic heterocycles. The first-order valence-electron chi connectivity index (χ1n) is 12.6. The van der Waals surface area contributed by atoms with Crippen molar-refractivity contribution in [3.63, 3.8) is 0 Å². The van der Waals surface area contributed by atoms with Crippen LogP contribution in [-0.2, 0) is 6.18 Å². The Balaban J connectivity index is 1.33. The summed E-state index contributed by atoms with van der Waals surface area (Å²) in [7, 11) is 0. The Morgan fingerprint density at radius 3 is 2.86 bits per heavy atom. The van der Waals surface area contributed by atoms with Crippen LogP contribution in [0, 0.1) is 0 Å². The van der Waals surface area contributed by atoms with Gasteiger partial charge in [-0.05, 0) is 61.9 Å². The Hall–Kier alpha value is -2.50. The van der Waals surface area contributed by atoms with Crippen molar-refractivity contribution in [3.05, 3.63) is 41.6 Å². The highest BCUT2D eigenvalue weighted by atomic mass is 32.2. The molecule has 3 aliphatic rings. The molecule has 2 N–H and O–H groups in total. The number of fused-ring (bicyclic) bond motifs is 1. The zero-order valence-corrected chi connectivity index (χ0v) is 22.0. The summed E-state index contributed by atoms with van der Waals surface area (Å²) in [5.41, 5.74) is 2.23. The minimum absolute atomic E-state index is 0.119. The van der Waals surface area contributed by atoms with Crippen molar-refractivity contribution in [3.8, 4) is 15.6 Å². The summed E-state index contributed by atoms with van der Waals surface area (Å²) in [6, 6.07) is 8.48. The van der Waals surface area contributed by atoms with Crippen molar-refractivity contribution in [1.29, 1.82) is 0 Å². The van der Waals surface area contributed by atoms with Crippen LogP contribution in [-0.4, -0.2) is 48.0 Å². The van der Waals surface area contributed by atoms with E-state index < -0.39 is 11.7 Å². The van der Waals surface area contributed by atoms with E-state index in [1.54, 1.807) is 17.8 Å². The molecule has 6 nitrogen and oxygen atoms in total. The molecule has 0 amide bonds. The second kappa shape index (κ2) is 9.99. The summed E-state index contributed by atoms with van der Waals surface area (Å²) in [6.45, 7) is 5.57. The molecule has 0 bridgehead atoms. The summed E-state index contributed by atoms with van der Waals surface area (Å²) >= 11 is 2.82. The van der Waals surface area contributed by atoms with E-state index in [2.05, 4.69) is 44.6 Å². The number of nitrogens with zero attached hydrogens (tertiary/aromatic N) is 3. The summed E-state index contributed by atoms with van der Waals surface area (Å²) < 4.78 is 47.5. The number of ether oxygens (including phenoxy) is 1. The van der Waals surface area contributed by atoms with Gasteiger partial charge in [-0.1, -0.05) is 11.3 Å². The van der Waals surface area contributed by atoms with Crippen LogP contribution in [0.3, 0.4) is 0 Å². The third-order valence-corrected chi connectivity index (χ3v) is 9.10. The number of thioether (sulfide) groups is 1. The highest BCUT2D eigenvalue weighted by Crippen LogP contribution is 2.48. The fourth-order valence-electron chi connectivity index (χ4n) is 4.80. The van der Waals surface area contributed by atoms with Crippen LogP contribution in [0.25, 0.3) is 10.6 Å². The Bertz CT molecular complexity index is 1270. The molecule has 1 aromatic carbocycles. The van der Waals surface area contributed by atoms with Crippen LogP contribution >= 0.6 is 23.1 Å². The predicted octanol–water partition coefficient (Wildman–Crippen LogP) is 6.52. The van der Waals surface area contributed by atoms with Gasteiger partial charge >= 0.3 is 6.18 Å². The molecule has 1 unspecified atom stereocenters. The fourth-order valence-corrected chi connectivity index (χ4v) is 6.97. The van der Waals surface area contributed by atoms with Gasteiger partial charge in [-0.2, -0.15) is 13.2 Å². The maximum absolute atomic E-state index is 13.9. The minimum atomic E-state index is -4.56. The van der Waals surface area contributed by atoms with E-state index in [1.165, 1.54) is 22.6 Å². The van der Waals surface area contributed by atoms with Gasteiger partial charge in [0.25, 0.3) is 0 Å². The zero-order chi connectivity index (χ0) is 25.6. The molecule has 1 saturated heterocycles. The number of benzene rings is 1. The summed E-state index contributed by atoms with van der Waals surface area (Å²) in [5.74, 6) is 1.48. The van der Waals surface area contributed by atoms with E-state index in [-0.39, 0.29) is 11.6 Å². The summed E-state index contributed by atoms with van der Waals surface area (Å²) in [6.07, 6.45) is -0.560. The van der Waals surface area contributed by atoms with Crippen molar-refractivity contribution in [2.75, 3.05) is 42.2 Å². The van der Waals surface area contributed by atoms with Crippen LogP contribution in [0.15, 0.2) is 35.4 Å². The molecule has 2 aromatic heterocycles. The van der Waals surface area contributed by atoms with Gasteiger partial charge < -0.3 is 20.3 Å². The van der Waals surface area contributed by atoms with Crippen molar-refractivity contribution in [2.45, 2.75) is 49.2 Å². The van der Waals surface area contributed by atoms with Gasteiger partial charge in [-0.15, -0.1) is 11.8 Å². The Labute approximate surface area is 222 Å². The number of anilines is 3. The third kappa shape index (κ3) is 5.39. The standard InChI is InChI=1S/C26H28F3N5OS2/c1-15-14-34(8-7-30-15)17-5-6-20(18(11-17)16-3-4-16)32-25-31-13-19(26(27,28)29)23(33-25)21-12-22-24(37-21)35-9-2-10-36-22/h5-6,11-13,15-16,30H,2-4,7-10,14H2,1H3,(H,31,32,33). The number of aromatic nitrogens is 2. The molecule has 37 heavy (non-hydrogen) atoms. The lowest BCUT2D eigenvalue weighted by Gasteiger charge is -2.34. The van der Waals surface area contributed by atoms with Gasteiger partial charge in [0.05, 0.1) is 22.1 Å². The smallest absolute Gasteiger partial charge is 0.420 e. The van der Waals surface area contributed by atoms with Gasteiger partial charge in [0.1, 0.15) is 5.56 Å². The van der Waals surface area contributed by atoms with Crippen LogP contribution in [0.5, 0.6) is 5.06 Å². The highest BCUT2D eigenvalue weighted by Gasteiger charge is 2.36. The second-order valence-corrected chi connectivity index (χ2v) is 11.9. The fraction of sp³-hybridized carbons (Fsp3) is 0.462. The molecule has 2 fully saturated rings. The molecular weight excluding hydrogens is 519 g/mol. The van der Waals surface area contributed by atoms with E-state index in [0.717, 1.165) is 61.4 Å². The SMILES string of the molecule is CC1CN(c2ccc(Nc3ncc(C(F)(F)F)c(-c4cc5c(s4)OCCCS5)n3)c(C3CC3)c2)CCN1. The molecule has 1 aliphatic carbocycles. The number of piperazine rings is 1. The highest BCUT2D eigenvalue weighted by molar-refractivity contribution is 7.99. The largest absolute Gasteiger partial charge is 0.483 e. The lowest BCUT2D eigenvalue weighted by Crippen LogP contribution is -2.49. The molecule has 1 saturated carbocycles. The number of halogens is 3. The van der Waals surface area contributed by atoms with Crippen LogP contribution in [0.4, 0.5) is 30.5 Å². The number of hydrogen-bond acceptors (Lipinski definition) is 8. The predicted molar refractivity (Wildman–Crippen MR) is 143 cm³/mol. The van der Waals surface area contributed by atoms with Gasteiger partial charge in [0, 0.05) is 49.0 Å². The van der Waals surface area contributed by atoms with Gasteiger partial charge in [0.15, 0.2) is 5.06 Å². The molecule has 6 rings (SSSR count). The topological polar surface area (TPSA) is 62.3 Å². The first-order chi connectivity index (χ1) is 17.8. The van der Waals surface area contributed by atoms with Crippen LogP contribution in [0.1, 0.15) is 43.2 Å². The third-order valence-electron chi connectivity index (χ3n) is 6.81. The molecule has 4 heterocycles. The molecule has 1 atom stereocenters. The lowest BCUT2D eigenvalue weighted by molar-refractivity contribution is -0.137. The van der Waals surface area contributed by atoms with E-state index in [9.17, 15) is 13.2 Å². The number of hydrogen-bond donors (Lipinski definition) is 2. The van der Waals surface area contributed by atoms with Crippen molar-refractivity contribution in [2.24, 2.45) is 0 Å². The summed E-state index contributed by atoms with van der Waals surface area (Å²) in [5, 5.41) is 7.37. The molecule has 11 heteroatoms. The maximum atomic E-state index is 13.9. The normalized spacial score (nSPS) is 20.2. The van der Waals surface area contributed by atoms with Crippen LogP contribution in [0.2, 0.25) is 0 Å². The molecule has 0 spiro atoms. The lowest BCUT2D eigenvalue weighted by atomic mass is 10.1. The van der Waals surface area contributed by atoms with E-state index >= 15 is 0 Å². The van der Waals surface area contributed by atoms with Crippen molar-refractivity contribution in [1.82, 2.24) is 15.3 Å². The van der Waals surface area contributed by atoms with Gasteiger partial charge in [0.2, 0.25) is 5.95 Å². The number of rotatable bonds is 5. The Kier molecular flexibility index (Phi) is 6.70. The van der Waals surface area contributed by atoms with Gasteiger partial charge in [-0.3, -0.25) is 0 Å². The number of thiophene rings is 1. The minimum Gasteiger partial charge on any atom is -0.483 e. The monoisotopic (exact) mass is 547 g/mol. The molecule has 196 valence electrons. The first kappa shape index (κ1) is 24.8. The molecular formula is C26H28F3N5OS2. The van der Waals surface area contributed by atoms with Crippen LogP contribution < -0.4 is 20.3 Å². The summed E-state index contributed by atoms with van der Waals surface area (Å²) in [4.78, 5) is 12.2. The number of alkyl halides is 3. The number of nitrogens with one attached hydrogen (secondary N) is 2. The average molecular weight is 548 g/mol. The molecule has 3 aromatic rings. The first-order valence-corrected chi connectivity index (χ1v) is 14.4. The Morgan fingerprint density at radius 1 is 1.22 bits per heavy atom. The quantitative estimate of drug-likeness (QED) is 0.377. The van der Waals surface area contributed by atoms with Crippen molar-refractivity contribution < 1.29 is 17.9 Å². The zero-order valence-electron chi connectivity index (χ0n) is 20.4. The second-order valence-electron chi connectivity index (χ2n) is 9.74. The molecule has 0 radical (unpaired) electrons. The average Bonchev–Trinajstić information content (AvgIpc) is 3.67. The van der Waals surface area contributed by atoms with E-state index in [0.29, 0.717) is 28.5 Å². The van der Waals surface area contributed by atoms with Gasteiger partial charge in [-0.25, -0.2) is 9.97 Å². The van der Waals surface area contributed by atoms with E-state index in [1.807, 2.05) is 6.07 Å². The van der Waals surface area contributed by atoms with E-state index in [4.69, 9.17) is 4.74 Å². The van der Waals surface area contributed by atoms with Crippen molar-refractivity contribution >= 4 is 40.4 Å².